The summed E-state index contributed by atoms with van der Waals surface area (Å²) in [6, 6.07) is 9.18. The van der Waals surface area contributed by atoms with Gasteiger partial charge in [0.05, 0.1) is 6.42 Å². The molecule has 1 rings (SSSR count). The number of ether oxygens (including phenoxy) is 2. The second-order valence-electron chi connectivity index (χ2n) is 6.29. The van der Waals surface area contributed by atoms with Crippen LogP contribution in [0.4, 0.5) is 4.79 Å². The van der Waals surface area contributed by atoms with Crippen LogP contribution in [0.1, 0.15) is 39.7 Å². The molecule has 0 spiro atoms. The third kappa shape index (κ3) is 6.61. The van der Waals surface area contributed by atoms with E-state index in [0.29, 0.717) is 0 Å². The highest BCUT2D eigenvalue weighted by Gasteiger charge is 2.24. The zero-order chi connectivity index (χ0) is 16.8. The second kappa shape index (κ2) is 7.82. The summed E-state index contributed by atoms with van der Waals surface area (Å²) >= 11 is 0. The van der Waals surface area contributed by atoms with Gasteiger partial charge in [-0.2, -0.15) is 0 Å². The first-order valence-corrected chi connectivity index (χ1v) is 7.34. The third-order valence-electron chi connectivity index (χ3n) is 3.05. The summed E-state index contributed by atoms with van der Waals surface area (Å²) in [7, 11) is 1.61. The quantitative estimate of drug-likeness (QED) is 0.783. The minimum atomic E-state index is -0.557. The van der Waals surface area contributed by atoms with Crippen LogP contribution in [0.15, 0.2) is 30.3 Å². The van der Waals surface area contributed by atoms with Crippen molar-refractivity contribution in [3.8, 4) is 0 Å². The molecule has 0 bridgehead atoms. The molecule has 5 nitrogen and oxygen atoms in total. The third-order valence-corrected chi connectivity index (χ3v) is 3.05. The highest BCUT2D eigenvalue weighted by Crippen LogP contribution is 2.12. The van der Waals surface area contributed by atoms with Gasteiger partial charge in [-0.15, -0.1) is 0 Å². The summed E-state index contributed by atoms with van der Waals surface area (Å²) in [5, 5.41) is 0. The summed E-state index contributed by atoms with van der Waals surface area (Å²) in [4.78, 5) is 25.2. The highest BCUT2D eigenvalue weighted by molar-refractivity contribution is 5.72. The Balaban J connectivity index is 2.41. The molecular formula is C17H25NO4. The van der Waals surface area contributed by atoms with Crippen molar-refractivity contribution in [2.75, 3.05) is 7.05 Å². The first kappa shape index (κ1) is 18.0. The van der Waals surface area contributed by atoms with Crippen LogP contribution in [0.3, 0.4) is 0 Å². The van der Waals surface area contributed by atoms with Gasteiger partial charge in [0.15, 0.2) is 0 Å². The number of benzene rings is 1. The molecule has 0 N–H and O–H groups in total. The number of carbonyl (C=O) groups excluding carboxylic acids is 2. The van der Waals surface area contributed by atoms with Gasteiger partial charge in [-0.25, -0.2) is 4.79 Å². The maximum Gasteiger partial charge on any atom is 0.410 e. The van der Waals surface area contributed by atoms with E-state index in [4.69, 9.17) is 9.47 Å². The van der Waals surface area contributed by atoms with E-state index < -0.39 is 11.7 Å². The fourth-order valence-corrected chi connectivity index (χ4v) is 1.69. The van der Waals surface area contributed by atoms with Crippen molar-refractivity contribution in [3.05, 3.63) is 35.9 Å². The van der Waals surface area contributed by atoms with Crippen LogP contribution in [0.25, 0.3) is 0 Å². The predicted molar refractivity (Wildman–Crippen MR) is 84.3 cm³/mol. The Kier molecular flexibility index (Phi) is 6.40. The van der Waals surface area contributed by atoms with E-state index in [1.54, 1.807) is 34.7 Å². The first-order chi connectivity index (χ1) is 10.2. The zero-order valence-corrected chi connectivity index (χ0v) is 14.0. The van der Waals surface area contributed by atoms with Crippen LogP contribution in [0.2, 0.25) is 0 Å². The van der Waals surface area contributed by atoms with Crippen LogP contribution >= 0.6 is 0 Å². The molecule has 122 valence electrons. The van der Waals surface area contributed by atoms with Gasteiger partial charge in [0.2, 0.25) is 0 Å². The number of carbonyl (C=O) groups is 2. The fourth-order valence-electron chi connectivity index (χ4n) is 1.69. The molecule has 1 unspecified atom stereocenters. The maximum absolute atomic E-state index is 11.9. The molecule has 1 aromatic carbocycles. The van der Waals surface area contributed by atoms with Gasteiger partial charge in [0.1, 0.15) is 12.2 Å². The van der Waals surface area contributed by atoms with E-state index in [0.717, 1.165) is 5.56 Å². The van der Waals surface area contributed by atoms with Crippen LogP contribution in [0, 0.1) is 0 Å². The molecule has 0 saturated carbocycles. The Morgan fingerprint density at radius 3 is 2.32 bits per heavy atom. The fraction of sp³-hybridized carbons (Fsp3) is 0.529. The van der Waals surface area contributed by atoms with Gasteiger partial charge < -0.3 is 14.4 Å². The molecule has 0 aliphatic carbocycles. The molecule has 0 aliphatic rings. The van der Waals surface area contributed by atoms with Crippen LogP contribution in [-0.2, 0) is 20.9 Å². The number of rotatable bonds is 5. The van der Waals surface area contributed by atoms with Crippen LogP contribution in [-0.4, -0.2) is 35.7 Å². The van der Waals surface area contributed by atoms with E-state index in [1.807, 2.05) is 30.3 Å². The van der Waals surface area contributed by atoms with Crippen molar-refractivity contribution in [2.45, 2.75) is 52.4 Å². The van der Waals surface area contributed by atoms with Crippen molar-refractivity contribution in [2.24, 2.45) is 0 Å². The lowest BCUT2D eigenvalue weighted by Gasteiger charge is -2.28. The number of nitrogens with zero attached hydrogens (tertiary/aromatic N) is 1. The normalized spacial score (nSPS) is 12.4. The Labute approximate surface area is 132 Å². The standard InChI is InChI=1S/C17H25NO4/c1-13(18(5)16(20)22-17(2,3)4)11-15(19)21-12-14-9-7-6-8-10-14/h6-10,13H,11-12H2,1-5H3. The molecular weight excluding hydrogens is 282 g/mol. The van der Waals surface area contributed by atoms with E-state index in [1.165, 1.54) is 4.90 Å². The average molecular weight is 307 g/mol. The summed E-state index contributed by atoms with van der Waals surface area (Å²) < 4.78 is 10.5. The minimum Gasteiger partial charge on any atom is -0.461 e. The van der Waals surface area contributed by atoms with E-state index in [9.17, 15) is 9.59 Å². The smallest absolute Gasteiger partial charge is 0.410 e. The maximum atomic E-state index is 11.9. The Morgan fingerprint density at radius 1 is 1.18 bits per heavy atom. The average Bonchev–Trinajstić information content (AvgIpc) is 2.43. The molecule has 1 aromatic rings. The molecule has 22 heavy (non-hydrogen) atoms. The minimum absolute atomic E-state index is 0.128. The summed E-state index contributed by atoms with van der Waals surface area (Å²) in [5.41, 5.74) is 0.378. The van der Waals surface area contributed by atoms with Crippen LogP contribution in [0.5, 0.6) is 0 Å². The highest BCUT2D eigenvalue weighted by atomic mass is 16.6. The molecule has 0 radical (unpaired) electrons. The monoisotopic (exact) mass is 307 g/mol. The Morgan fingerprint density at radius 2 is 1.77 bits per heavy atom. The Hall–Kier alpha value is -2.04. The van der Waals surface area contributed by atoms with Gasteiger partial charge in [-0.05, 0) is 33.3 Å². The predicted octanol–water partition coefficient (Wildman–Crippen LogP) is 3.38. The molecule has 1 amide bonds. The number of amides is 1. The number of hydrogen-bond acceptors (Lipinski definition) is 4. The summed E-state index contributed by atoms with van der Waals surface area (Å²) in [6.45, 7) is 7.43. The van der Waals surface area contributed by atoms with Crippen LogP contribution < -0.4 is 0 Å². The van der Waals surface area contributed by atoms with E-state index >= 15 is 0 Å². The summed E-state index contributed by atoms with van der Waals surface area (Å²) in [6.07, 6.45) is -0.321. The second-order valence-corrected chi connectivity index (χ2v) is 6.29. The van der Waals surface area contributed by atoms with Crippen molar-refractivity contribution >= 4 is 12.1 Å². The lowest BCUT2D eigenvalue weighted by molar-refractivity contribution is -0.146. The van der Waals surface area contributed by atoms with E-state index in [-0.39, 0.29) is 25.0 Å². The molecule has 0 aliphatic heterocycles. The van der Waals surface area contributed by atoms with Gasteiger partial charge >= 0.3 is 12.1 Å². The van der Waals surface area contributed by atoms with Crippen molar-refractivity contribution in [3.63, 3.8) is 0 Å². The van der Waals surface area contributed by atoms with Gasteiger partial charge in [-0.1, -0.05) is 30.3 Å². The zero-order valence-electron chi connectivity index (χ0n) is 14.0. The molecule has 1 atom stereocenters. The van der Waals surface area contributed by atoms with Gasteiger partial charge in [0.25, 0.3) is 0 Å². The van der Waals surface area contributed by atoms with Crippen molar-refractivity contribution < 1.29 is 19.1 Å². The SMILES string of the molecule is CC(CC(=O)OCc1ccccc1)N(C)C(=O)OC(C)(C)C. The first-order valence-electron chi connectivity index (χ1n) is 7.34. The summed E-state index contributed by atoms with van der Waals surface area (Å²) in [5.74, 6) is -0.341. The Bertz CT molecular complexity index is 493. The van der Waals surface area contributed by atoms with Crippen molar-refractivity contribution in [1.29, 1.82) is 0 Å². The number of hydrogen-bond donors (Lipinski definition) is 0. The molecule has 0 aromatic heterocycles. The van der Waals surface area contributed by atoms with Gasteiger partial charge in [0, 0.05) is 13.1 Å². The molecule has 0 saturated heterocycles. The number of esters is 1. The van der Waals surface area contributed by atoms with E-state index in [2.05, 4.69) is 0 Å². The van der Waals surface area contributed by atoms with Gasteiger partial charge in [-0.3, -0.25) is 4.79 Å². The largest absolute Gasteiger partial charge is 0.461 e. The lowest BCUT2D eigenvalue weighted by Crippen LogP contribution is -2.40. The topological polar surface area (TPSA) is 55.8 Å². The molecule has 0 heterocycles. The molecule has 5 heteroatoms. The van der Waals surface area contributed by atoms with Crippen molar-refractivity contribution in [1.82, 2.24) is 4.90 Å². The lowest BCUT2D eigenvalue weighted by atomic mass is 10.2. The molecule has 0 fully saturated rings.